The summed E-state index contributed by atoms with van der Waals surface area (Å²) < 4.78 is 5.71. The number of hydrogen-bond acceptors (Lipinski definition) is 4. The van der Waals surface area contributed by atoms with Crippen molar-refractivity contribution in [3.05, 3.63) is 0 Å². The third kappa shape index (κ3) is 4.18. The molecule has 2 rings (SSSR count). The van der Waals surface area contributed by atoms with Gasteiger partial charge in [0.15, 0.2) is 0 Å². The van der Waals surface area contributed by atoms with Gasteiger partial charge in [0.2, 0.25) is 0 Å². The molecule has 122 valence electrons. The Morgan fingerprint density at radius 2 is 2.14 bits per heavy atom. The molecule has 0 spiro atoms. The van der Waals surface area contributed by atoms with Crippen LogP contribution in [0.25, 0.3) is 0 Å². The van der Waals surface area contributed by atoms with E-state index in [1.165, 1.54) is 0 Å². The first-order chi connectivity index (χ1) is 9.98. The lowest BCUT2D eigenvalue weighted by atomic mass is 9.91. The van der Waals surface area contributed by atoms with Gasteiger partial charge in [0.05, 0.1) is 6.10 Å². The largest absolute Gasteiger partial charge is 0.480 e. The van der Waals surface area contributed by atoms with Crippen LogP contribution >= 0.6 is 0 Å². The number of ether oxygens (including phenoxy) is 1. The van der Waals surface area contributed by atoms with Gasteiger partial charge in [-0.3, -0.25) is 15.0 Å². The van der Waals surface area contributed by atoms with E-state index in [0.29, 0.717) is 6.54 Å². The van der Waals surface area contributed by atoms with Gasteiger partial charge in [-0.2, -0.15) is 0 Å². The minimum Gasteiger partial charge on any atom is -0.480 e. The number of nitrogens with one attached hydrogen (secondary N) is 1. The average molecular weight is 298 g/mol. The van der Waals surface area contributed by atoms with Crippen molar-refractivity contribution in [2.75, 3.05) is 26.2 Å². The van der Waals surface area contributed by atoms with Crippen LogP contribution in [0.15, 0.2) is 0 Å². The first kappa shape index (κ1) is 16.7. The summed E-state index contributed by atoms with van der Waals surface area (Å²) >= 11 is 0. The zero-order valence-electron chi connectivity index (χ0n) is 13.6. The van der Waals surface area contributed by atoms with Crippen molar-refractivity contribution in [2.24, 2.45) is 5.92 Å². The minimum absolute atomic E-state index is 0.170. The van der Waals surface area contributed by atoms with E-state index < -0.39 is 11.5 Å². The molecule has 2 aliphatic rings. The summed E-state index contributed by atoms with van der Waals surface area (Å²) in [6.45, 7) is 9.27. The van der Waals surface area contributed by atoms with Crippen LogP contribution < -0.4 is 5.32 Å². The summed E-state index contributed by atoms with van der Waals surface area (Å²) in [5.74, 6) is -0.444. The van der Waals surface area contributed by atoms with Gasteiger partial charge in [-0.25, -0.2) is 0 Å². The maximum atomic E-state index is 12.0. The first-order valence-electron chi connectivity index (χ1n) is 8.33. The molecular weight excluding hydrogens is 268 g/mol. The molecule has 1 saturated heterocycles. The molecule has 1 saturated carbocycles. The SMILES string of the molecule is CCN(CC1CCCO1)CC(NC(C)C)(C(=O)O)C1CC1. The molecule has 0 aromatic rings. The van der Waals surface area contributed by atoms with Gasteiger partial charge in [-0.1, -0.05) is 6.92 Å². The number of likely N-dealkylation sites (N-methyl/N-ethyl adjacent to an activating group) is 1. The lowest BCUT2D eigenvalue weighted by Crippen LogP contribution is -2.63. The fourth-order valence-electron chi connectivity index (χ4n) is 3.42. The first-order valence-corrected chi connectivity index (χ1v) is 8.33. The van der Waals surface area contributed by atoms with Gasteiger partial charge >= 0.3 is 5.97 Å². The molecule has 0 radical (unpaired) electrons. The normalized spacial score (nSPS) is 25.5. The molecule has 1 heterocycles. The van der Waals surface area contributed by atoms with Crippen LogP contribution in [0.5, 0.6) is 0 Å². The number of carboxylic acids is 1. The summed E-state index contributed by atoms with van der Waals surface area (Å²) in [4.78, 5) is 14.3. The van der Waals surface area contributed by atoms with Crippen molar-refractivity contribution in [1.82, 2.24) is 10.2 Å². The van der Waals surface area contributed by atoms with E-state index in [0.717, 1.165) is 45.4 Å². The Kier molecular flexibility index (Phi) is 5.63. The van der Waals surface area contributed by atoms with Gasteiger partial charge in [0.1, 0.15) is 5.54 Å². The molecular formula is C16H30N2O3. The molecule has 21 heavy (non-hydrogen) atoms. The van der Waals surface area contributed by atoms with E-state index in [9.17, 15) is 9.90 Å². The van der Waals surface area contributed by atoms with E-state index in [2.05, 4.69) is 17.1 Å². The highest BCUT2D eigenvalue weighted by atomic mass is 16.5. The molecule has 2 atom stereocenters. The summed E-state index contributed by atoms with van der Waals surface area (Å²) in [5.41, 5.74) is -0.803. The number of carboxylic acid groups (broad SMARTS) is 1. The zero-order chi connectivity index (χ0) is 15.5. The predicted molar refractivity (Wildman–Crippen MR) is 82.5 cm³/mol. The Balaban J connectivity index is 2.05. The molecule has 0 amide bonds. The standard InChI is InChI=1S/C16H30N2O3/c1-4-18(10-14-6-5-9-21-14)11-16(15(19)20,13-7-8-13)17-12(2)3/h12-14,17H,4-11H2,1-3H3,(H,19,20). The maximum absolute atomic E-state index is 12.0. The quantitative estimate of drug-likeness (QED) is 0.679. The molecule has 2 fully saturated rings. The van der Waals surface area contributed by atoms with E-state index in [1.54, 1.807) is 0 Å². The van der Waals surface area contributed by atoms with Crippen LogP contribution in [-0.2, 0) is 9.53 Å². The second kappa shape index (κ2) is 7.07. The van der Waals surface area contributed by atoms with Crippen molar-refractivity contribution in [3.8, 4) is 0 Å². The minimum atomic E-state index is -0.803. The lowest BCUT2D eigenvalue weighted by molar-refractivity contribution is -0.147. The highest BCUT2D eigenvalue weighted by Gasteiger charge is 2.52. The van der Waals surface area contributed by atoms with Crippen molar-refractivity contribution in [3.63, 3.8) is 0 Å². The average Bonchev–Trinajstić information content (AvgIpc) is 3.15. The Labute approximate surface area is 128 Å². The Morgan fingerprint density at radius 3 is 2.57 bits per heavy atom. The number of rotatable bonds is 9. The van der Waals surface area contributed by atoms with Crippen molar-refractivity contribution < 1.29 is 14.6 Å². The van der Waals surface area contributed by atoms with Crippen molar-refractivity contribution >= 4 is 5.97 Å². The van der Waals surface area contributed by atoms with Crippen LogP contribution in [0.1, 0.15) is 46.5 Å². The Bertz CT molecular complexity index is 351. The lowest BCUT2D eigenvalue weighted by Gasteiger charge is -2.38. The molecule has 2 unspecified atom stereocenters. The van der Waals surface area contributed by atoms with Crippen LogP contribution in [-0.4, -0.2) is 59.9 Å². The number of nitrogens with zero attached hydrogens (tertiary/aromatic N) is 1. The molecule has 0 aromatic carbocycles. The van der Waals surface area contributed by atoms with Crippen LogP contribution in [0.2, 0.25) is 0 Å². The van der Waals surface area contributed by atoms with E-state index in [1.807, 2.05) is 13.8 Å². The second-order valence-electron chi connectivity index (χ2n) is 6.81. The molecule has 0 bridgehead atoms. The summed E-state index contributed by atoms with van der Waals surface area (Å²) in [7, 11) is 0. The number of hydrogen-bond donors (Lipinski definition) is 2. The molecule has 5 heteroatoms. The summed E-state index contributed by atoms with van der Waals surface area (Å²) in [6, 6.07) is 0.170. The van der Waals surface area contributed by atoms with Crippen molar-refractivity contribution in [2.45, 2.75) is 64.1 Å². The van der Waals surface area contributed by atoms with Crippen LogP contribution in [0.4, 0.5) is 0 Å². The van der Waals surface area contributed by atoms with Crippen LogP contribution in [0, 0.1) is 5.92 Å². The predicted octanol–water partition coefficient (Wildman–Crippen LogP) is 1.72. The zero-order valence-corrected chi connectivity index (χ0v) is 13.6. The van der Waals surface area contributed by atoms with Gasteiger partial charge < -0.3 is 9.84 Å². The third-order valence-electron chi connectivity index (χ3n) is 4.61. The molecule has 5 nitrogen and oxygen atoms in total. The maximum Gasteiger partial charge on any atom is 0.325 e. The topological polar surface area (TPSA) is 61.8 Å². The molecule has 2 N–H and O–H groups in total. The molecule has 1 aliphatic heterocycles. The monoisotopic (exact) mass is 298 g/mol. The van der Waals surface area contributed by atoms with Crippen molar-refractivity contribution in [1.29, 1.82) is 0 Å². The van der Waals surface area contributed by atoms with Gasteiger partial charge in [0.25, 0.3) is 0 Å². The smallest absolute Gasteiger partial charge is 0.325 e. The second-order valence-corrected chi connectivity index (χ2v) is 6.81. The highest BCUT2D eigenvalue weighted by molar-refractivity contribution is 5.80. The summed E-state index contributed by atoms with van der Waals surface area (Å²) in [5, 5.41) is 13.2. The van der Waals surface area contributed by atoms with Crippen LogP contribution in [0.3, 0.4) is 0 Å². The van der Waals surface area contributed by atoms with E-state index in [-0.39, 0.29) is 18.1 Å². The van der Waals surface area contributed by atoms with E-state index >= 15 is 0 Å². The molecule has 1 aliphatic carbocycles. The fourth-order valence-corrected chi connectivity index (χ4v) is 3.42. The highest BCUT2D eigenvalue weighted by Crippen LogP contribution is 2.41. The number of aliphatic carboxylic acids is 1. The number of carbonyl (C=O) groups is 1. The Hall–Kier alpha value is -0.650. The Morgan fingerprint density at radius 1 is 1.43 bits per heavy atom. The van der Waals surface area contributed by atoms with Gasteiger partial charge in [-0.15, -0.1) is 0 Å². The van der Waals surface area contributed by atoms with Gasteiger partial charge in [-0.05, 0) is 52.0 Å². The van der Waals surface area contributed by atoms with Gasteiger partial charge in [0, 0.05) is 25.7 Å². The summed E-state index contributed by atoms with van der Waals surface area (Å²) in [6.07, 6.45) is 4.53. The van der Waals surface area contributed by atoms with E-state index in [4.69, 9.17) is 4.74 Å². The fraction of sp³-hybridized carbons (Fsp3) is 0.938. The molecule has 0 aromatic heterocycles. The third-order valence-corrected chi connectivity index (χ3v) is 4.61.